The quantitative estimate of drug-likeness (QED) is 0.739. The standard InChI is InChI=1S/C23H30N4O3/c28-19-8-7-18(21(29)25-19)27-14-17-6-3-5-16(20(17)22(27)30)13-26-12-4-10-23(15-26)9-1-2-11-24-23/h3,5-6,18,24H,1-2,4,7-15H2,(H,25,28,29). The van der Waals surface area contributed by atoms with E-state index in [0.717, 1.165) is 42.9 Å². The van der Waals surface area contributed by atoms with Gasteiger partial charge in [0.25, 0.3) is 5.91 Å². The molecule has 7 nitrogen and oxygen atoms in total. The van der Waals surface area contributed by atoms with E-state index in [2.05, 4.69) is 21.6 Å². The minimum atomic E-state index is -0.555. The fourth-order valence-electron chi connectivity index (χ4n) is 5.80. The van der Waals surface area contributed by atoms with Gasteiger partial charge in [0.05, 0.1) is 0 Å². The van der Waals surface area contributed by atoms with Crippen LogP contribution >= 0.6 is 0 Å². The third-order valence-corrected chi connectivity index (χ3v) is 7.27. The van der Waals surface area contributed by atoms with Crippen LogP contribution in [0.3, 0.4) is 0 Å². The Hall–Kier alpha value is -2.25. The Bertz CT molecular complexity index is 872. The lowest BCUT2D eigenvalue weighted by Gasteiger charge is -2.46. The van der Waals surface area contributed by atoms with E-state index >= 15 is 0 Å². The number of nitrogens with zero attached hydrogens (tertiary/aromatic N) is 2. The monoisotopic (exact) mass is 410 g/mol. The van der Waals surface area contributed by atoms with E-state index in [4.69, 9.17) is 0 Å². The summed E-state index contributed by atoms with van der Waals surface area (Å²) in [7, 11) is 0. The van der Waals surface area contributed by atoms with E-state index in [-0.39, 0.29) is 29.7 Å². The van der Waals surface area contributed by atoms with Crippen LogP contribution in [0, 0.1) is 0 Å². The smallest absolute Gasteiger partial charge is 0.255 e. The summed E-state index contributed by atoms with van der Waals surface area (Å²) in [6, 6.07) is 5.51. The molecule has 3 amide bonds. The van der Waals surface area contributed by atoms with Gasteiger partial charge in [0.15, 0.2) is 0 Å². The maximum Gasteiger partial charge on any atom is 0.255 e. The summed E-state index contributed by atoms with van der Waals surface area (Å²) in [6.07, 6.45) is 6.89. The highest BCUT2D eigenvalue weighted by Gasteiger charge is 2.41. The third-order valence-electron chi connectivity index (χ3n) is 7.27. The molecule has 2 N–H and O–H groups in total. The van der Waals surface area contributed by atoms with E-state index in [1.807, 2.05) is 12.1 Å². The van der Waals surface area contributed by atoms with Crippen molar-refractivity contribution in [3.63, 3.8) is 0 Å². The van der Waals surface area contributed by atoms with Crippen molar-refractivity contribution >= 4 is 17.7 Å². The van der Waals surface area contributed by atoms with E-state index in [9.17, 15) is 14.4 Å². The lowest BCUT2D eigenvalue weighted by Crippen LogP contribution is -2.58. The first kappa shape index (κ1) is 19.7. The third kappa shape index (κ3) is 3.54. The van der Waals surface area contributed by atoms with Crippen molar-refractivity contribution in [3.8, 4) is 0 Å². The van der Waals surface area contributed by atoms with Crippen LogP contribution in [0.25, 0.3) is 0 Å². The minimum absolute atomic E-state index is 0.0717. The van der Waals surface area contributed by atoms with Gasteiger partial charge in [-0.15, -0.1) is 0 Å². The topological polar surface area (TPSA) is 81.8 Å². The number of benzene rings is 1. The van der Waals surface area contributed by atoms with Crippen LogP contribution in [0.2, 0.25) is 0 Å². The normalized spacial score (nSPS) is 29.9. The molecule has 0 saturated carbocycles. The Kier molecular flexibility index (Phi) is 5.11. The number of nitrogens with one attached hydrogen (secondary N) is 2. The highest BCUT2D eigenvalue weighted by atomic mass is 16.2. The molecule has 1 spiro atoms. The molecular weight excluding hydrogens is 380 g/mol. The van der Waals surface area contributed by atoms with Crippen LogP contribution in [0.5, 0.6) is 0 Å². The molecule has 1 aromatic carbocycles. The Morgan fingerprint density at radius 2 is 1.97 bits per heavy atom. The van der Waals surface area contributed by atoms with Crippen LogP contribution < -0.4 is 10.6 Å². The van der Waals surface area contributed by atoms with Gasteiger partial charge in [-0.25, -0.2) is 0 Å². The summed E-state index contributed by atoms with van der Waals surface area (Å²) in [5, 5.41) is 6.16. The highest BCUT2D eigenvalue weighted by molar-refractivity contribution is 6.05. The Balaban J connectivity index is 1.34. The van der Waals surface area contributed by atoms with Gasteiger partial charge in [-0.2, -0.15) is 0 Å². The lowest BCUT2D eigenvalue weighted by atomic mass is 9.81. The van der Waals surface area contributed by atoms with Gasteiger partial charge >= 0.3 is 0 Å². The molecule has 2 unspecified atom stereocenters. The molecule has 0 aromatic heterocycles. The van der Waals surface area contributed by atoms with E-state index < -0.39 is 6.04 Å². The first-order valence-electron chi connectivity index (χ1n) is 11.3. The number of imide groups is 1. The summed E-state index contributed by atoms with van der Waals surface area (Å²) in [5.41, 5.74) is 3.04. The fourth-order valence-corrected chi connectivity index (χ4v) is 5.80. The molecule has 160 valence electrons. The van der Waals surface area contributed by atoms with E-state index in [0.29, 0.717) is 13.0 Å². The molecular formula is C23H30N4O3. The Labute approximate surface area is 177 Å². The van der Waals surface area contributed by atoms with Gasteiger partial charge in [0, 0.05) is 37.2 Å². The largest absolute Gasteiger partial charge is 0.322 e. The minimum Gasteiger partial charge on any atom is -0.322 e. The molecule has 7 heteroatoms. The number of carbonyl (C=O) groups is 3. The van der Waals surface area contributed by atoms with Crippen molar-refractivity contribution in [3.05, 3.63) is 34.9 Å². The second-order valence-corrected chi connectivity index (χ2v) is 9.33. The summed E-state index contributed by atoms with van der Waals surface area (Å²) >= 11 is 0. The molecule has 1 aromatic rings. The molecule has 0 bridgehead atoms. The highest BCUT2D eigenvalue weighted by Crippen LogP contribution is 2.33. The predicted octanol–water partition coefficient (Wildman–Crippen LogP) is 1.56. The van der Waals surface area contributed by atoms with Crippen molar-refractivity contribution in [2.45, 2.75) is 69.6 Å². The lowest BCUT2D eigenvalue weighted by molar-refractivity contribution is -0.136. The number of likely N-dealkylation sites (tertiary alicyclic amines) is 1. The molecule has 0 aliphatic carbocycles. The van der Waals surface area contributed by atoms with Gasteiger partial charge in [0.1, 0.15) is 6.04 Å². The summed E-state index contributed by atoms with van der Waals surface area (Å²) < 4.78 is 0. The summed E-state index contributed by atoms with van der Waals surface area (Å²) in [6.45, 7) is 4.40. The summed E-state index contributed by atoms with van der Waals surface area (Å²) in [5.74, 6) is -0.677. The predicted molar refractivity (Wildman–Crippen MR) is 112 cm³/mol. The van der Waals surface area contributed by atoms with Crippen molar-refractivity contribution < 1.29 is 14.4 Å². The molecule has 30 heavy (non-hydrogen) atoms. The van der Waals surface area contributed by atoms with Gasteiger partial charge < -0.3 is 10.2 Å². The number of fused-ring (bicyclic) bond motifs is 1. The van der Waals surface area contributed by atoms with Crippen LogP contribution in [0.15, 0.2) is 18.2 Å². The maximum absolute atomic E-state index is 13.3. The van der Waals surface area contributed by atoms with Gasteiger partial charge in [-0.3, -0.25) is 24.6 Å². The van der Waals surface area contributed by atoms with Gasteiger partial charge in [-0.05, 0) is 56.3 Å². The first-order valence-corrected chi connectivity index (χ1v) is 11.3. The number of hydrogen-bond acceptors (Lipinski definition) is 5. The molecule has 4 aliphatic rings. The number of carbonyl (C=O) groups excluding carboxylic acids is 3. The van der Waals surface area contributed by atoms with Crippen molar-refractivity contribution in [1.82, 2.24) is 20.4 Å². The van der Waals surface area contributed by atoms with E-state index in [1.165, 1.54) is 32.1 Å². The molecule has 2 atom stereocenters. The SMILES string of the molecule is O=C1CCC(N2Cc3cccc(CN4CCCC5(CCCCN5)C4)c3C2=O)C(=O)N1. The molecule has 5 rings (SSSR count). The fraction of sp³-hybridized carbons (Fsp3) is 0.609. The number of amides is 3. The zero-order chi connectivity index (χ0) is 20.7. The van der Waals surface area contributed by atoms with Crippen LogP contribution in [-0.4, -0.2) is 58.7 Å². The Morgan fingerprint density at radius 3 is 2.77 bits per heavy atom. The van der Waals surface area contributed by atoms with Crippen molar-refractivity contribution in [2.75, 3.05) is 19.6 Å². The van der Waals surface area contributed by atoms with Gasteiger partial charge in [0.2, 0.25) is 11.8 Å². The first-order chi connectivity index (χ1) is 14.5. The average Bonchev–Trinajstić information content (AvgIpc) is 3.06. The van der Waals surface area contributed by atoms with E-state index in [1.54, 1.807) is 4.90 Å². The van der Waals surface area contributed by atoms with Crippen molar-refractivity contribution in [2.24, 2.45) is 0 Å². The zero-order valence-corrected chi connectivity index (χ0v) is 17.4. The zero-order valence-electron chi connectivity index (χ0n) is 17.4. The van der Waals surface area contributed by atoms with Crippen LogP contribution in [0.4, 0.5) is 0 Å². The average molecular weight is 411 g/mol. The second-order valence-electron chi connectivity index (χ2n) is 9.33. The van der Waals surface area contributed by atoms with Crippen LogP contribution in [-0.2, 0) is 22.7 Å². The van der Waals surface area contributed by atoms with Crippen molar-refractivity contribution in [1.29, 1.82) is 0 Å². The summed E-state index contributed by atoms with van der Waals surface area (Å²) in [4.78, 5) is 41.3. The number of rotatable bonds is 3. The number of hydrogen-bond donors (Lipinski definition) is 2. The van der Waals surface area contributed by atoms with Gasteiger partial charge in [-0.1, -0.05) is 24.6 Å². The second kappa shape index (κ2) is 7.78. The molecule has 4 aliphatic heterocycles. The Morgan fingerprint density at radius 1 is 1.10 bits per heavy atom. The van der Waals surface area contributed by atoms with Crippen LogP contribution in [0.1, 0.15) is 66.4 Å². The number of piperidine rings is 3. The molecule has 4 heterocycles. The molecule has 3 fully saturated rings. The molecule has 3 saturated heterocycles. The molecule has 0 radical (unpaired) electrons. The maximum atomic E-state index is 13.3.